The Balaban J connectivity index is 1.87. The van der Waals surface area contributed by atoms with Gasteiger partial charge in [-0.3, -0.25) is 14.4 Å². The lowest BCUT2D eigenvalue weighted by Gasteiger charge is -2.07. The highest BCUT2D eigenvalue weighted by Gasteiger charge is 2.10. The van der Waals surface area contributed by atoms with E-state index in [1.165, 1.54) is 0 Å². The fourth-order valence-electron chi connectivity index (χ4n) is 2.45. The molecule has 0 spiro atoms. The number of nitrogens with one attached hydrogen (secondary N) is 1. The smallest absolute Gasteiger partial charge is 0.307 e. The van der Waals surface area contributed by atoms with Crippen molar-refractivity contribution in [2.24, 2.45) is 0 Å². The maximum Gasteiger partial charge on any atom is 0.307 e. The first kappa shape index (κ1) is 18.4. The molecule has 0 fully saturated rings. The van der Waals surface area contributed by atoms with Gasteiger partial charge in [-0.1, -0.05) is 43.3 Å². The number of carbonyl (C=O) groups is 3. The summed E-state index contributed by atoms with van der Waals surface area (Å²) in [6.07, 6.45) is 1.03. The van der Waals surface area contributed by atoms with Gasteiger partial charge < -0.3 is 10.4 Å². The summed E-state index contributed by atoms with van der Waals surface area (Å²) in [7, 11) is 0. The molecule has 2 N–H and O–H groups in total. The number of ketones is 1. The summed E-state index contributed by atoms with van der Waals surface area (Å²) in [5, 5.41) is 11.5. The van der Waals surface area contributed by atoms with Crippen molar-refractivity contribution in [1.82, 2.24) is 0 Å². The van der Waals surface area contributed by atoms with Crippen LogP contribution in [0.25, 0.3) is 0 Å². The number of amides is 1. The Hall–Kier alpha value is -2.95. The number of aliphatic carboxylic acids is 1. The van der Waals surface area contributed by atoms with Crippen LogP contribution in [0.15, 0.2) is 48.5 Å². The molecule has 0 bridgehead atoms. The van der Waals surface area contributed by atoms with Crippen LogP contribution in [0, 0.1) is 0 Å². The molecule has 0 atom stereocenters. The van der Waals surface area contributed by atoms with Crippen molar-refractivity contribution in [2.45, 2.75) is 32.6 Å². The first-order chi connectivity index (χ1) is 12.0. The lowest BCUT2D eigenvalue weighted by atomic mass is 10.0. The summed E-state index contributed by atoms with van der Waals surface area (Å²) < 4.78 is 0. The zero-order valence-electron chi connectivity index (χ0n) is 14.1. The molecule has 2 aromatic rings. The topological polar surface area (TPSA) is 83.5 Å². The van der Waals surface area contributed by atoms with Crippen LogP contribution in [0.1, 0.15) is 41.3 Å². The van der Waals surface area contributed by atoms with Gasteiger partial charge in [-0.2, -0.15) is 0 Å². The first-order valence-corrected chi connectivity index (χ1v) is 8.20. The molecule has 0 aliphatic carbocycles. The lowest BCUT2D eigenvalue weighted by molar-refractivity contribution is -0.136. The minimum absolute atomic E-state index is 0.0718. The summed E-state index contributed by atoms with van der Waals surface area (Å²) in [5.74, 6) is -1.27. The lowest BCUT2D eigenvalue weighted by Crippen LogP contribution is -2.14. The third kappa shape index (κ3) is 5.88. The third-order valence-corrected chi connectivity index (χ3v) is 3.83. The molecule has 1 amide bonds. The van der Waals surface area contributed by atoms with E-state index in [0.29, 0.717) is 16.8 Å². The van der Waals surface area contributed by atoms with Crippen molar-refractivity contribution in [3.63, 3.8) is 0 Å². The number of benzene rings is 2. The maximum absolute atomic E-state index is 12.1. The van der Waals surface area contributed by atoms with E-state index in [4.69, 9.17) is 5.11 Å². The molecule has 25 heavy (non-hydrogen) atoms. The number of Topliss-reactive ketones (excluding diaryl/α,β-unsaturated/α-hetero) is 1. The van der Waals surface area contributed by atoms with Gasteiger partial charge in [-0.15, -0.1) is 0 Å². The van der Waals surface area contributed by atoms with E-state index in [9.17, 15) is 14.4 Å². The highest BCUT2D eigenvalue weighted by atomic mass is 16.4. The second-order valence-corrected chi connectivity index (χ2v) is 5.79. The summed E-state index contributed by atoms with van der Waals surface area (Å²) in [6.45, 7) is 2.05. The number of hydrogen-bond acceptors (Lipinski definition) is 3. The summed E-state index contributed by atoms with van der Waals surface area (Å²) >= 11 is 0. The zero-order valence-corrected chi connectivity index (χ0v) is 14.1. The number of anilines is 1. The number of aryl methyl sites for hydroxylation is 1. The van der Waals surface area contributed by atoms with Gasteiger partial charge in [0, 0.05) is 24.1 Å². The van der Waals surface area contributed by atoms with Gasteiger partial charge in [-0.05, 0) is 29.7 Å². The maximum atomic E-state index is 12.1. The number of carboxylic acids is 1. The summed E-state index contributed by atoms with van der Waals surface area (Å²) in [6, 6.07) is 14.1. The molecule has 0 aromatic heterocycles. The fraction of sp³-hybridized carbons (Fsp3) is 0.250. The van der Waals surface area contributed by atoms with Crippen molar-refractivity contribution in [2.75, 3.05) is 5.32 Å². The second-order valence-electron chi connectivity index (χ2n) is 5.79. The van der Waals surface area contributed by atoms with Crippen LogP contribution in [-0.2, 0) is 22.4 Å². The van der Waals surface area contributed by atoms with E-state index in [1.54, 1.807) is 36.4 Å². The Morgan fingerprint density at radius 2 is 1.68 bits per heavy atom. The molecule has 0 aliphatic heterocycles. The van der Waals surface area contributed by atoms with Gasteiger partial charge in [0.1, 0.15) is 0 Å². The molecule has 2 aromatic carbocycles. The quantitative estimate of drug-likeness (QED) is 0.721. The van der Waals surface area contributed by atoms with Gasteiger partial charge >= 0.3 is 5.97 Å². The highest BCUT2D eigenvalue weighted by molar-refractivity contribution is 6.00. The minimum atomic E-state index is -0.928. The average molecular weight is 339 g/mol. The van der Waals surface area contributed by atoms with Crippen molar-refractivity contribution in [3.05, 3.63) is 65.2 Å². The third-order valence-electron chi connectivity index (χ3n) is 3.83. The van der Waals surface area contributed by atoms with E-state index in [0.717, 1.165) is 12.0 Å². The second kappa shape index (κ2) is 8.78. The molecule has 0 radical (unpaired) electrons. The molecule has 5 nitrogen and oxygen atoms in total. The first-order valence-electron chi connectivity index (χ1n) is 8.20. The average Bonchev–Trinajstić information content (AvgIpc) is 2.59. The van der Waals surface area contributed by atoms with Crippen LogP contribution in [0.5, 0.6) is 0 Å². The monoisotopic (exact) mass is 339 g/mol. The number of carboxylic acid groups (broad SMARTS) is 1. The Kier molecular flexibility index (Phi) is 6.46. The van der Waals surface area contributed by atoms with E-state index in [2.05, 4.69) is 5.32 Å². The SMILES string of the molecule is CCc1ccc(C(=O)CCC(=O)Nc2cccc(CC(=O)O)c2)cc1. The molecule has 5 heteroatoms. The van der Waals surface area contributed by atoms with Gasteiger partial charge in [0.05, 0.1) is 6.42 Å². The molecule has 0 saturated carbocycles. The Morgan fingerprint density at radius 3 is 2.32 bits per heavy atom. The molecule has 0 aliphatic rings. The van der Waals surface area contributed by atoms with E-state index < -0.39 is 5.97 Å². The van der Waals surface area contributed by atoms with Crippen LogP contribution in [0.3, 0.4) is 0 Å². The normalized spacial score (nSPS) is 10.3. The minimum Gasteiger partial charge on any atom is -0.481 e. The standard InChI is InChI=1S/C20H21NO4/c1-2-14-6-8-16(9-7-14)18(22)10-11-19(23)21-17-5-3-4-15(12-17)13-20(24)25/h3-9,12H,2,10-11,13H2,1H3,(H,21,23)(H,24,25). The predicted octanol–water partition coefficient (Wildman–Crippen LogP) is 3.48. The molecule has 0 heterocycles. The highest BCUT2D eigenvalue weighted by Crippen LogP contribution is 2.13. The van der Waals surface area contributed by atoms with Crippen LogP contribution < -0.4 is 5.32 Å². The van der Waals surface area contributed by atoms with Crippen molar-refractivity contribution in [3.8, 4) is 0 Å². The largest absolute Gasteiger partial charge is 0.481 e. The molecule has 130 valence electrons. The predicted molar refractivity (Wildman–Crippen MR) is 95.8 cm³/mol. The number of hydrogen-bond donors (Lipinski definition) is 2. The fourth-order valence-corrected chi connectivity index (χ4v) is 2.45. The van der Waals surface area contributed by atoms with E-state index >= 15 is 0 Å². The Labute approximate surface area is 146 Å². The van der Waals surface area contributed by atoms with Crippen LogP contribution in [0.2, 0.25) is 0 Å². The van der Waals surface area contributed by atoms with Gasteiger partial charge in [-0.25, -0.2) is 0 Å². The molecule has 0 unspecified atom stereocenters. The molecule has 0 saturated heterocycles. The summed E-state index contributed by atoms with van der Waals surface area (Å²) in [4.78, 5) is 34.9. The van der Waals surface area contributed by atoms with Crippen LogP contribution in [-0.4, -0.2) is 22.8 Å². The van der Waals surface area contributed by atoms with Gasteiger partial charge in [0.2, 0.25) is 5.91 Å². The summed E-state index contributed by atoms with van der Waals surface area (Å²) in [5.41, 5.74) is 2.91. The van der Waals surface area contributed by atoms with Crippen LogP contribution >= 0.6 is 0 Å². The zero-order chi connectivity index (χ0) is 18.2. The number of carbonyl (C=O) groups excluding carboxylic acids is 2. The molecular weight excluding hydrogens is 318 g/mol. The number of rotatable bonds is 8. The molecular formula is C20H21NO4. The van der Waals surface area contributed by atoms with Gasteiger partial charge in [0.25, 0.3) is 0 Å². The van der Waals surface area contributed by atoms with Crippen molar-refractivity contribution in [1.29, 1.82) is 0 Å². The van der Waals surface area contributed by atoms with E-state index in [-0.39, 0.29) is 31.0 Å². The van der Waals surface area contributed by atoms with Crippen molar-refractivity contribution < 1.29 is 19.5 Å². The molecule has 2 rings (SSSR count). The van der Waals surface area contributed by atoms with Gasteiger partial charge in [0.15, 0.2) is 5.78 Å². The Morgan fingerprint density at radius 1 is 0.960 bits per heavy atom. The Bertz CT molecular complexity index is 766. The van der Waals surface area contributed by atoms with Crippen LogP contribution in [0.4, 0.5) is 5.69 Å². The van der Waals surface area contributed by atoms with E-state index in [1.807, 2.05) is 19.1 Å². The van der Waals surface area contributed by atoms with Crippen molar-refractivity contribution >= 4 is 23.3 Å².